The Balaban J connectivity index is 1.67. The third-order valence-electron chi connectivity index (χ3n) is 6.77. The van der Waals surface area contributed by atoms with Crippen LogP contribution in [0.15, 0.2) is 84.9 Å². The molecule has 0 radical (unpaired) electrons. The predicted octanol–water partition coefficient (Wildman–Crippen LogP) is 4.17. The normalized spacial score (nSPS) is 16.0. The number of hydrogen-bond acceptors (Lipinski definition) is 5. The molecule has 1 N–H and O–H groups in total. The summed E-state index contributed by atoms with van der Waals surface area (Å²) in [5.74, 6) is -0.865. The molecule has 1 aliphatic heterocycles. The van der Waals surface area contributed by atoms with Crippen LogP contribution in [0, 0.1) is 0 Å². The van der Waals surface area contributed by atoms with Crippen molar-refractivity contribution in [1.82, 2.24) is 14.5 Å². The summed E-state index contributed by atoms with van der Waals surface area (Å²) in [6.07, 6.45) is 2.79. The molecule has 0 saturated carbocycles. The van der Waals surface area contributed by atoms with Crippen molar-refractivity contribution in [3.63, 3.8) is 0 Å². The van der Waals surface area contributed by atoms with Crippen LogP contribution >= 0.6 is 11.6 Å². The maximum atomic E-state index is 14.0. The third-order valence-corrected chi connectivity index (χ3v) is 8.22. The quantitative estimate of drug-likeness (QED) is 0.345. The molecule has 1 aliphatic rings. The second-order valence-electron chi connectivity index (χ2n) is 9.86. The number of carbonyl (C=O) groups is 2. The molecule has 1 fully saturated rings. The molecule has 2 amide bonds. The molecule has 0 aromatic heterocycles. The van der Waals surface area contributed by atoms with Gasteiger partial charge in [-0.25, -0.2) is 8.42 Å². The zero-order valence-corrected chi connectivity index (χ0v) is 24.0. The van der Waals surface area contributed by atoms with Crippen molar-refractivity contribution >= 4 is 33.4 Å². The average Bonchev–Trinajstić information content (AvgIpc) is 3.47. The second kappa shape index (κ2) is 13.9. The van der Waals surface area contributed by atoms with Gasteiger partial charge in [0.25, 0.3) is 0 Å². The Labute approximate surface area is 240 Å². The van der Waals surface area contributed by atoms with Gasteiger partial charge in [0.2, 0.25) is 21.8 Å². The van der Waals surface area contributed by atoms with Gasteiger partial charge in [0, 0.05) is 31.3 Å². The van der Waals surface area contributed by atoms with E-state index in [1.54, 1.807) is 60.7 Å². The molecule has 0 bridgehead atoms. The van der Waals surface area contributed by atoms with Gasteiger partial charge in [-0.2, -0.15) is 4.31 Å². The molecule has 1 saturated heterocycles. The SMILES string of the molecule is CS(=O)(=O)N(CC(=O)N(Cc1ccc(Cl)cc1)[C@@H](C(=O)NC[C@@H]1CCCO1)c1ccccc1)Cc1ccccc1. The number of halogens is 1. The number of sulfonamides is 1. The summed E-state index contributed by atoms with van der Waals surface area (Å²) in [6.45, 7) is 0.665. The Morgan fingerprint density at radius 2 is 1.57 bits per heavy atom. The lowest BCUT2D eigenvalue weighted by Gasteiger charge is -2.33. The first kappa shape index (κ1) is 29.7. The fourth-order valence-electron chi connectivity index (χ4n) is 4.65. The summed E-state index contributed by atoms with van der Waals surface area (Å²) >= 11 is 6.09. The van der Waals surface area contributed by atoms with Crippen LogP contribution in [-0.4, -0.2) is 61.5 Å². The van der Waals surface area contributed by atoms with Crippen LogP contribution < -0.4 is 5.32 Å². The maximum Gasteiger partial charge on any atom is 0.247 e. The van der Waals surface area contributed by atoms with Crippen molar-refractivity contribution in [3.05, 3.63) is 107 Å². The molecular weight excluding hydrogens is 550 g/mol. The molecular formula is C30H34ClN3O5S. The van der Waals surface area contributed by atoms with Crippen molar-refractivity contribution in [3.8, 4) is 0 Å². The van der Waals surface area contributed by atoms with E-state index in [1.807, 2.05) is 24.3 Å². The molecule has 3 aromatic carbocycles. The van der Waals surface area contributed by atoms with Crippen LogP contribution in [0.4, 0.5) is 0 Å². The number of nitrogens with one attached hydrogen (secondary N) is 1. The first-order valence-electron chi connectivity index (χ1n) is 13.2. The number of rotatable bonds is 12. The molecule has 8 nitrogen and oxygen atoms in total. The number of nitrogens with zero attached hydrogens (tertiary/aromatic N) is 2. The first-order chi connectivity index (χ1) is 19.2. The monoisotopic (exact) mass is 583 g/mol. The lowest BCUT2D eigenvalue weighted by molar-refractivity contribution is -0.142. The number of ether oxygens (including phenoxy) is 1. The largest absolute Gasteiger partial charge is 0.376 e. The summed E-state index contributed by atoms with van der Waals surface area (Å²) in [5, 5.41) is 3.51. The van der Waals surface area contributed by atoms with Gasteiger partial charge >= 0.3 is 0 Å². The third kappa shape index (κ3) is 8.38. The van der Waals surface area contributed by atoms with E-state index in [9.17, 15) is 18.0 Å². The Morgan fingerprint density at radius 1 is 0.950 bits per heavy atom. The fraction of sp³-hybridized carbons (Fsp3) is 0.333. The number of hydrogen-bond donors (Lipinski definition) is 1. The highest BCUT2D eigenvalue weighted by molar-refractivity contribution is 7.88. The van der Waals surface area contributed by atoms with Gasteiger partial charge in [0.15, 0.2) is 0 Å². The molecule has 2 atom stereocenters. The Hall–Kier alpha value is -3.24. The summed E-state index contributed by atoms with van der Waals surface area (Å²) < 4.78 is 32.3. The van der Waals surface area contributed by atoms with Gasteiger partial charge in [-0.15, -0.1) is 0 Å². The Morgan fingerprint density at radius 3 is 2.17 bits per heavy atom. The summed E-state index contributed by atoms with van der Waals surface area (Å²) in [4.78, 5) is 29.2. The van der Waals surface area contributed by atoms with E-state index in [0.29, 0.717) is 23.7 Å². The van der Waals surface area contributed by atoms with Crippen molar-refractivity contribution in [2.75, 3.05) is 26.0 Å². The molecule has 4 rings (SSSR count). The van der Waals surface area contributed by atoms with Gasteiger partial charge in [-0.3, -0.25) is 9.59 Å². The van der Waals surface area contributed by atoms with E-state index in [0.717, 1.165) is 34.5 Å². The van der Waals surface area contributed by atoms with Gasteiger partial charge in [-0.05, 0) is 41.7 Å². The number of amides is 2. The molecule has 40 heavy (non-hydrogen) atoms. The zero-order valence-electron chi connectivity index (χ0n) is 22.4. The summed E-state index contributed by atoms with van der Waals surface area (Å²) in [6, 6.07) is 24.1. The lowest BCUT2D eigenvalue weighted by Crippen LogP contribution is -2.48. The standard InChI is InChI=1S/C30H34ClN3O5S/c1-40(37,38)33(20-23-9-4-2-5-10-23)22-28(35)34(21-24-14-16-26(31)17-15-24)29(25-11-6-3-7-12-25)30(36)32-19-27-13-8-18-39-27/h2-7,9-12,14-17,27,29H,8,13,18-22H2,1H3,(H,32,36)/t27-,29+/m0/s1. The average molecular weight is 584 g/mol. The highest BCUT2D eigenvalue weighted by atomic mass is 35.5. The van der Waals surface area contributed by atoms with E-state index in [1.165, 1.54) is 4.90 Å². The van der Waals surface area contributed by atoms with Gasteiger partial charge in [-0.1, -0.05) is 84.4 Å². The molecule has 0 spiro atoms. The van der Waals surface area contributed by atoms with E-state index in [4.69, 9.17) is 16.3 Å². The van der Waals surface area contributed by atoms with Crippen molar-refractivity contribution in [1.29, 1.82) is 0 Å². The van der Waals surface area contributed by atoms with Crippen molar-refractivity contribution < 1.29 is 22.7 Å². The molecule has 212 valence electrons. The molecule has 10 heteroatoms. The minimum atomic E-state index is -3.75. The van der Waals surface area contributed by atoms with E-state index < -0.39 is 28.5 Å². The minimum Gasteiger partial charge on any atom is -0.376 e. The highest BCUT2D eigenvalue weighted by Crippen LogP contribution is 2.26. The molecule has 1 heterocycles. The lowest BCUT2D eigenvalue weighted by atomic mass is 10.0. The molecule has 3 aromatic rings. The van der Waals surface area contributed by atoms with Gasteiger partial charge < -0.3 is 15.0 Å². The fourth-order valence-corrected chi connectivity index (χ4v) is 5.51. The first-order valence-corrected chi connectivity index (χ1v) is 15.4. The van der Waals surface area contributed by atoms with Crippen LogP contribution in [0.2, 0.25) is 5.02 Å². The van der Waals surface area contributed by atoms with Crippen LogP contribution in [-0.2, 0) is 37.4 Å². The summed E-state index contributed by atoms with van der Waals surface area (Å²) in [5.41, 5.74) is 2.11. The maximum absolute atomic E-state index is 14.0. The van der Waals surface area contributed by atoms with Crippen LogP contribution in [0.3, 0.4) is 0 Å². The van der Waals surface area contributed by atoms with E-state index >= 15 is 0 Å². The van der Waals surface area contributed by atoms with Crippen molar-refractivity contribution in [2.24, 2.45) is 0 Å². The Kier molecular flexibility index (Phi) is 10.3. The smallest absolute Gasteiger partial charge is 0.247 e. The summed E-state index contributed by atoms with van der Waals surface area (Å²) in [7, 11) is -3.75. The van der Waals surface area contributed by atoms with E-state index in [2.05, 4.69) is 5.32 Å². The topological polar surface area (TPSA) is 96.0 Å². The Bertz CT molecular complexity index is 1370. The predicted molar refractivity (Wildman–Crippen MR) is 155 cm³/mol. The van der Waals surface area contributed by atoms with Gasteiger partial charge in [0.05, 0.1) is 18.9 Å². The van der Waals surface area contributed by atoms with Crippen molar-refractivity contribution in [2.45, 2.75) is 38.1 Å². The number of benzene rings is 3. The highest BCUT2D eigenvalue weighted by Gasteiger charge is 2.34. The minimum absolute atomic E-state index is 0.0292. The molecule has 0 unspecified atom stereocenters. The van der Waals surface area contributed by atoms with Crippen LogP contribution in [0.1, 0.15) is 35.6 Å². The molecule has 0 aliphatic carbocycles. The zero-order chi connectivity index (χ0) is 28.5. The number of carbonyl (C=O) groups excluding carboxylic acids is 2. The van der Waals surface area contributed by atoms with Crippen LogP contribution in [0.25, 0.3) is 0 Å². The second-order valence-corrected chi connectivity index (χ2v) is 12.3. The van der Waals surface area contributed by atoms with E-state index in [-0.39, 0.29) is 25.1 Å². The van der Waals surface area contributed by atoms with Crippen LogP contribution in [0.5, 0.6) is 0 Å². The van der Waals surface area contributed by atoms with Gasteiger partial charge in [0.1, 0.15) is 6.04 Å².